The highest BCUT2D eigenvalue weighted by molar-refractivity contribution is 5.97. The summed E-state index contributed by atoms with van der Waals surface area (Å²) in [5, 5.41) is 2.74. The second-order valence-corrected chi connectivity index (χ2v) is 4.75. The summed E-state index contributed by atoms with van der Waals surface area (Å²) < 4.78 is 0. The molecule has 18 heavy (non-hydrogen) atoms. The summed E-state index contributed by atoms with van der Waals surface area (Å²) in [6, 6.07) is 3.73. The van der Waals surface area contributed by atoms with Crippen molar-refractivity contribution < 1.29 is 4.79 Å². The number of hydrogen-bond acceptors (Lipinski definition) is 4. The molecule has 0 aliphatic rings. The lowest BCUT2D eigenvalue weighted by Crippen LogP contribution is -2.45. The van der Waals surface area contributed by atoms with Gasteiger partial charge in [0.05, 0.1) is 17.4 Å². The first-order chi connectivity index (χ1) is 8.38. The van der Waals surface area contributed by atoms with Gasteiger partial charge in [0.1, 0.15) is 5.82 Å². The molecule has 3 N–H and O–H groups in total. The number of nitrogens with zero attached hydrogens (tertiary/aromatic N) is 2. The molecule has 0 aliphatic carbocycles. The second kappa shape index (κ2) is 5.82. The lowest BCUT2D eigenvalue weighted by atomic mass is 10.1. The predicted molar refractivity (Wildman–Crippen MR) is 74.7 cm³/mol. The zero-order valence-electron chi connectivity index (χ0n) is 11.5. The number of aromatic nitrogens is 1. The van der Waals surface area contributed by atoms with Gasteiger partial charge in [-0.3, -0.25) is 4.79 Å². The molecule has 0 fully saturated rings. The van der Waals surface area contributed by atoms with Gasteiger partial charge in [-0.1, -0.05) is 0 Å². The number of hydrogen-bond donors (Lipinski definition) is 2. The van der Waals surface area contributed by atoms with Gasteiger partial charge in [-0.2, -0.15) is 0 Å². The average molecular weight is 250 g/mol. The summed E-state index contributed by atoms with van der Waals surface area (Å²) >= 11 is 0. The molecule has 0 aromatic carbocycles. The number of pyridine rings is 1. The molecular formula is C13H22N4O. The van der Waals surface area contributed by atoms with E-state index in [0.717, 1.165) is 18.9 Å². The summed E-state index contributed by atoms with van der Waals surface area (Å²) in [5.41, 5.74) is 5.48. The smallest absolute Gasteiger partial charge is 0.243 e. The number of nitrogens with two attached hydrogens (primary N) is 1. The van der Waals surface area contributed by atoms with E-state index in [4.69, 9.17) is 5.73 Å². The van der Waals surface area contributed by atoms with E-state index >= 15 is 0 Å². The summed E-state index contributed by atoms with van der Waals surface area (Å²) in [6.45, 7) is 9.31. The van der Waals surface area contributed by atoms with Crippen molar-refractivity contribution in [1.82, 2.24) is 4.98 Å². The zero-order valence-corrected chi connectivity index (χ0v) is 11.5. The highest BCUT2D eigenvalue weighted by atomic mass is 16.2. The third kappa shape index (κ3) is 3.70. The molecule has 1 amide bonds. The van der Waals surface area contributed by atoms with Gasteiger partial charge in [0.15, 0.2) is 0 Å². The molecule has 0 bridgehead atoms. The molecule has 0 saturated heterocycles. The van der Waals surface area contributed by atoms with E-state index in [9.17, 15) is 4.79 Å². The predicted octanol–water partition coefficient (Wildman–Crippen LogP) is 1.60. The van der Waals surface area contributed by atoms with E-state index in [-0.39, 0.29) is 5.91 Å². The van der Waals surface area contributed by atoms with Crippen LogP contribution in [0.1, 0.15) is 27.7 Å². The van der Waals surface area contributed by atoms with Gasteiger partial charge in [-0.25, -0.2) is 4.98 Å². The fourth-order valence-corrected chi connectivity index (χ4v) is 1.49. The highest BCUT2D eigenvalue weighted by Gasteiger charge is 2.21. The third-order valence-corrected chi connectivity index (χ3v) is 2.68. The summed E-state index contributed by atoms with van der Waals surface area (Å²) in [7, 11) is 0. The summed E-state index contributed by atoms with van der Waals surface area (Å²) in [4.78, 5) is 18.2. The molecule has 0 spiro atoms. The minimum atomic E-state index is -0.891. The van der Waals surface area contributed by atoms with Crippen molar-refractivity contribution in [3.8, 4) is 0 Å². The largest absolute Gasteiger partial charge is 0.357 e. The van der Waals surface area contributed by atoms with Crippen molar-refractivity contribution in [2.45, 2.75) is 33.2 Å². The van der Waals surface area contributed by atoms with Crippen LogP contribution in [0, 0.1) is 0 Å². The van der Waals surface area contributed by atoms with E-state index in [1.165, 1.54) is 0 Å². The number of rotatable bonds is 5. The third-order valence-electron chi connectivity index (χ3n) is 2.68. The second-order valence-electron chi connectivity index (χ2n) is 4.75. The maximum absolute atomic E-state index is 11.7. The summed E-state index contributed by atoms with van der Waals surface area (Å²) in [6.07, 6.45) is 1.65. The number of amides is 1. The van der Waals surface area contributed by atoms with Crippen LogP contribution in [0.5, 0.6) is 0 Å². The number of carbonyl (C=O) groups excluding carboxylic acids is 1. The fourth-order valence-electron chi connectivity index (χ4n) is 1.49. The zero-order chi connectivity index (χ0) is 13.8. The molecule has 1 aromatic rings. The molecule has 1 rings (SSSR count). The average Bonchev–Trinajstić information content (AvgIpc) is 2.31. The maximum atomic E-state index is 11.7. The van der Waals surface area contributed by atoms with Crippen LogP contribution in [0.4, 0.5) is 11.5 Å². The van der Waals surface area contributed by atoms with E-state index in [1.807, 2.05) is 12.1 Å². The molecule has 0 atom stereocenters. The van der Waals surface area contributed by atoms with Crippen LogP contribution in [0.2, 0.25) is 0 Å². The fraction of sp³-hybridized carbons (Fsp3) is 0.538. The van der Waals surface area contributed by atoms with Crippen LogP contribution in [0.15, 0.2) is 18.3 Å². The first-order valence-electron chi connectivity index (χ1n) is 6.19. The first-order valence-corrected chi connectivity index (χ1v) is 6.19. The van der Waals surface area contributed by atoms with Crippen molar-refractivity contribution in [2.24, 2.45) is 5.73 Å². The Balaban J connectivity index is 2.75. The van der Waals surface area contributed by atoms with E-state index in [1.54, 1.807) is 20.0 Å². The molecular weight excluding hydrogens is 228 g/mol. The molecule has 100 valence electrons. The molecule has 0 saturated carbocycles. The Morgan fingerprint density at radius 1 is 1.39 bits per heavy atom. The molecule has 0 aliphatic heterocycles. The minimum Gasteiger partial charge on any atom is -0.357 e. The Bertz CT molecular complexity index is 390. The van der Waals surface area contributed by atoms with Crippen molar-refractivity contribution in [3.63, 3.8) is 0 Å². The Morgan fingerprint density at radius 3 is 2.39 bits per heavy atom. The van der Waals surface area contributed by atoms with Gasteiger partial charge < -0.3 is 16.0 Å². The van der Waals surface area contributed by atoms with Gasteiger partial charge in [0.25, 0.3) is 0 Å². The van der Waals surface area contributed by atoms with Crippen LogP contribution in [-0.4, -0.2) is 29.5 Å². The first kappa shape index (κ1) is 14.4. The van der Waals surface area contributed by atoms with Crippen LogP contribution in [0.3, 0.4) is 0 Å². The van der Waals surface area contributed by atoms with Crippen molar-refractivity contribution in [3.05, 3.63) is 18.3 Å². The topological polar surface area (TPSA) is 71.2 Å². The lowest BCUT2D eigenvalue weighted by Gasteiger charge is -2.20. The maximum Gasteiger partial charge on any atom is 0.243 e. The molecule has 1 heterocycles. The van der Waals surface area contributed by atoms with Crippen molar-refractivity contribution in [1.29, 1.82) is 0 Å². The summed E-state index contributed by atoms with van der Waals surface area (Å²) in [5.74, 6) is 0.685. The molecule has 5 heteroatoms. The lowest BCUT2D eigenvalue weighted by molar-refractivity contribution is -0.120. The van der Waals surface area contributed by atoms with E-state index in [0.29, 0.717) is 5.69 Å². The van der Waals surface area contributed by atoms with Gasteiger partial charge >= 0.3 is 0 Å². The van der Waals surface area contributed by atoms with Crippen molar-refractivity contribution in [2.75, 3.05) is 23.3 Å². The van der Waals surface area contributed by atoms with Gasteiger partial charge in [0.2, 0.25) is 5.91 Å². The van der Waals surface area contributed by atoms with Crippen LogP contribution < -0.4 is 16.0 Å². The van der Waals surface area contributed by atoms with E-state index in [2.05, 4.69) is 29.0 Å². The molecule has 0 unspecified atom stereocenters. The normalized spacial score (nSPS) is 11.2. The van der Waals surface area contributed by atoms with Crippen LogP contribution >= 0.6 is 0 Å². The van der Waals surface area contributed by atoms with Crippen LogP contribution in [0.25, 0.3) is 0 Å². The van der Waals surface area contributed by atoms with Gasteiger partial charge in [-0.05, 0) is 39.8 Å². The Kier molecular flexibility index (Phi) is 4.67. The monoisotopic (exact) mass is 250 g/mol. The van der Waals surface area contributed by atoms with Gasteiger partial charge in [0, 0.05) is 13.1 Å². The molecule has 5 nitrogen and oxygen atoms in total. The van der Waals surface area contributed by atoms with Gasteiger partial charge in [-0.15, -0.1) is 0 Å². The van der Waals surface area contributed by atoms with Crippen LogP contribution in [-0.2, 0) is 4.79 Å². The number of carbonyl (C=O) groups is 1. The van der Waals surface area contributed by atoms with Crippen molar-refractivity contribution >= 4 is 17.4 Å². The molecule has 0 radical (unpaired) electrons. The Morgan fingerprint density at radius 2 is 2.00 bits per heavy atom. The highest BCUT2D eigenvalue weighted by Crippen LogP contribution is 2.14. The minimum absolute atomic E-state index is 0.222. The number of nitrogens with one attached hydrogen (secondary N) is 1. The molecule has 1 aromatic heterocycles. The SMILES string of the molecule is CCN(CC)c1ccc(NC(=O)C(C)(C)N)cn1. The van der Waals surface area contributed by atoms with E-state index < -0.39 is 5.54 Å². The standard InChI is InChI=1S/C13H22N4O/c1-5-17(6-2)11-8-7-10(9-15-11)16-12(18)13(3,4)14/h7-9H,5-6,14H2,1-4H3,(H,16,18). The Labute approximate surface area is 108 Å². The number of anilines is 2. The quantitative estimate of drug-likeness (QED) is 0.832. The Hall–Kier alpha value is -1.62.